The molecular weight excluding hydrogens is 209 g/mol. The molecule has 0 saturated heterocycles. The van der Waals surface area contributed by atoms with Gasteiger partial charge in [-0.05, 0) is 49.9 Å². The maximum atomic E-state index is 12.6. The smallest absolute Gasteiger partial charge is 0.123 e. The minimum Gasteiger partial charge on any atom is -0.315 e. The van der Waals surface area contributed by atoms with Crippen molar-refractivity contribution >= 4 is 11.8 Å². The van der Waals surface area contributed by atoms with E-state index >= 15 is 0 Å². The van der Waals surface area contributed by atoms with Gasteiger partial charge in [0.05, 0.1) is 0 Å². The van der Waals surface area contributed by atoms with Crippen LogP contribution in [0.3, 0.4) is 0 Å². The molecule has 1 rings (SSSR count). The zero-order chi connectivity index (χ0) is 11.1. The third-order valence-corrected chi connectivity index (χ3v) is 3.23. The lowest BCUT2D eigenvalue weighted by molar-refractivity contribution is 0.556. The predicted octanol–water partition coefficient (Wildman–Crippen LogP) is 3.31. The molecule has 0 fully saturated rings. The molecule has 0 heterocycles. The van der Waals surface area contributed by atoms with Crippen molar-refractivity contribution in [2.75, 3.05) is 12.3 Å². The number of benzene rings is 1. The second-order valence-electron chi connectivity index (χ2n) is 3.55. The Morgan fingerprint density at radius 3 is 2.60 bits per heavy atom. The highest BCUT2D eigenvalue weighted by molar-refractivity contribution is 7.99. The minimum atomic E-state index is -0.166. The van der Waals surface area contributed by atoms with Gasteiger partial charge in [0.25, 0.3) is 0 Å². The van der Waals surface area contributed by atoms with Crippen molar-refractivity contribution in [2.24, 2.45) is 0 Å². The third-order valence-electron chi connectivity index (χ3n) is 2.19. The SMILES string of the molecule is CCNC(C)CCSc1ccc(F)cc1. The summed E-state index contributed by atoms with van der Waals surface area (Å²) in [4.78, 5) is 1.14. The predicted molar refractivity (Wildman–Crippen MR) is 64.9 cm³/mol. The number of nitrogens with one attached hydrogen (secondary N) is 1. The lowest BCUT2D eigenvalue weighted by Crippen LogP contribution is -2.25. The lowest BCUT2D eigenvalue weighted by atomic mass is 10.3. The zero-order valence-corrected chi connectivity index (χ0v) is 10.1. The van der Waals surface area contributed by atoms with Crippen LogP contribution >= 0.6 is 11.8 Å². The van der Waals surface area contributed by atoms with Crippen LogP contribution < -0.4 is 5.32 Å². The van der Waals surface area contributed by atoms with Crippen LogP contribution in [0.4, 0.5) is 4.39 Å². The molecule has 0 aliphatic heterocycles. The summed E-state index contributed by atoms with van der Waals surface area (Å²) < 4.78 is 12.6. The summed E-state index contributed by atoms with van der Waals surface area (Å²) >= 11 is 1.78. The van der Waals surface area contributed by atoms with Gasteiger partial charge in [-0.15, -0.1) is 11.8 Å². The highest BCUT2D eigenvalue weighted by atomic mass is 32.2. The number of hydrogen-bond donors (Lipinski definition) is 1. The van der Waals surface area contributed by atoms with Crippen molar-refractivity contribution in [3.63, 3.8) is 0 Å². The van der Waals surface area contributed by atoms with Crippen LogP contribution in [0.25, 0.3) is 0 Å². The Hall–Kier alpha value is -0.540. The fraction of sp³-hybridized carbons (Fsp3) is 0.500. The summed E-state index contributed by atoms with van der Waals surface area (Å²) in [6.07, 6.45) is 1.13. The molecule has 0 saturated carbocycles. The number of halogens is 1. The number of hydrogen-bond acceptors (Lipinski definition) is 2. The van der Waals surface area contributed by atoms with E-state index < -0.39 is 0 Å². The van der Waals surface area contributed by atoms with Crippen LogP contribution in [0.1, 0.15) is 20.3 Å². The Bertz CT molecular complexity index is 273. The van der Waals surface area contributed by atoms with Crippen molar-refractivity contribution in [2.45, 2.75) is 31.2 Å². The maximum absolute atomic E-state index is 12.6. The molecule has 1 atom stereocenters. The summed E-state index contributed by atoms with van der Waals surface area (Å²) in [5.41, 5.74) is 0. The molecule has 1 aromatic carbocycles. The molecule has 0 aliphatic carbocycles. The molecule has 0 radical (unpaired) electrons. The summed E-state index contributed by atoms with van der Waals surface area (Å²) in [6.45, 7) is 5.32. The van der Waals surface area contributed by atoms with Gasteiger partial charge in [0.2, 0.25) is 0 Å². The first kappa shape index (κ1) is 12.5. The van der Waals surface area contributed by atoms with E-state index in [2.05, 4.69) is 19.2 Å². The Kier molecular flexibility index (Phi) is 5.73. The van der Waals surface area contributed by atoms with Gasteiger partial charge in [0.1, 0.15) is 5.82 Å². The van der Waals surface area contributed by atoms with E-state index in [0.717, 1.165) is 23.6 Å². The van der Waals surface area contributed by atoms with Crippen molar-refractivity contribution in [1.82, 2.24) is 5.32 Å². The monoisotopic (exact) mass is 227 g/mol. The first-order chi connectivity index (χ1) is 7.22. The zero-order valence-electron chi connectivity index (χ0n) is 9.29. The lowest BCUT2D eigenvalue weighted by Gasteiger charge is -2.11. The largest absolute Gasteiger partial charge is 0.315 e. The van der Waals surface area contributed by atoms with E-state index in [9.17, 15) is 4.39 Å². The highest BCUT2D eigenvalue weighted by Gasteiger charge is 2.00. The standard InChI is InChI=1S/C12H18FNS/c1-3-14-10(2)8-9-15-12-6-4-11(13)5-7-12/h4-7,10,14H,3,8-9H2,1-2H3. The second-order valence-corrected chi connectivity index (χ2v) is 4.72. The minimum absolute atomic E-state index is 0.166. The van der Waals surface area contributed by atoms with Crippen LogP contribution in [-0.2, 0) is 0 Å². The molecule has 0 amide bonds. The Morgan fingerprint density at radius 1 is 1.33 bits per heavy atom. The van der Waals surface area contributed by atoms with Crippen molar-refractivity contribution in [3.8, 4) is 0 Å². The average molecular weight is 227 g/mol. The maximum Gasteiger partial charge on any atom is 0.123 e. The van der Waals surface area contributed by atoms with Gasteiger partial charge in [-0.2, -0.15) is 0 Å². The van der Waals surface area contributed by atoms with E-state index in [1.165, 1.54) is 12.1 Å². The van der Waals surface area contributed by atoms with Crippen molar-refractivity contribution < 1.29 is 4.39 Å². The topological polar surface area (TPSA) is 12.0 Å². The van der Waals surface area contributed by atoms with E-state index in [1.807, 2.05) is 12.1 Å². The molecule has 1 unspecified atom stereocenters. The summed E-state index contributed by atoms with van der Waals surface area (Å²) in [7, 11) is 0. The molecule has 0 aliphatic rings. The molecule has 0 aromatic heterocycles. The van der Waals surface area contributed by atoms with Crippen LogP contribution in [0.5, 0.6) is 0 Å². The van der Waals surface area contributed by atoms with E-state index in [1.54, 1.807) is 11.8 Å². The summed E-state index contributed by atoms with van der Waals surface area (Å²) in [5, 5.41) is 3.37. The number of rotatable bonds is 6. The first-order valence-corrected chi connectivity index (χ1v) is 6.32. The van der Waals surface area contributed by atoms with Crippen LogP contribution in [-0.4, -0.2) is 18.3 Å². The average Bonchev–Trinajstić information content (AvgIpc) is 2.21. The quantitative estimate of drug-likeness (QED) is 0.748. The summed E-state index contributed by atoms with van der Waals surface area (Å²) in [6, 6.07) is 7.24. The molecule has 0 bridgehead atoms. The Labute approximate surface area is 95.5 Å². The summed E-state index contributed by atoms with van der Waals surface area (Å²) in [5.74, 6) is 0.903. The Balaban J connectivity index is 2.22. The van der Waals surface area contributed by atoms with Gasteiger partial charge in [-0.1, -0.05) is 6.92 Å². The molecule has 1 nitrogen and oxygen atoms in total. The molecule has 1 N–H and O–H groups in total. The normalized spacial score (nSPS) is 12.7. The van der Waals surface area contributed by atoms with Gasteiger partial charge in [0.15, 0.2) is 0 Å². The van der Waals surface area contributed by atoms with Gasteiger partial charge >= 0.3 is 0 Å². The van der Waals surface area contributed by atoms with Gasteiger partial charge < -0.3 is 5.32 Å². The second kappa shape index (κ2) is 6.85. The van der Waals surface area contributed by atoms with E-state index in [0.29, 0.717) is 6.04 Å². The highest BCUT2D eigenvalue weighted by Crippen LogP contribution is 2.19. The fourth-order valence-electron chi connectivity index (χ4n) is 1.33. The van der Waals surface area contributed by atoms with Gasteiger partial charge in [-0.25, -0.2) is 4.39 Å². The first-order valence-electron chi connectivity index (χ1n) is 5.34. The third kappa shape index (κ3) is 5.19. The molecular formula is C12H18FNS. The van der Waals surface area contributed by atoms with Crippen molar-refractivity contribution in [3.05, 3.63) is 30.1 Å². The van der Waals surface area contributed by atoms with Crippen LogP contribution in [0.2, 0.25) is 0 Å². The molecule has 3 heteroatoms. The Morgan fingerprint density at radius 2 is 2.00 bits per heavy atom. The van der Waals surface area contributed by atoms with Crippen LogP contribution in [0, 0.1) is 5.82 Å². The number of thioether (sulfide) groups is 1. The molecule has 0 spiro atoms. The van der Waals surface area contributed by atoms with Gasteiger partial charge in [-0.3, -0.25) is 0 Å². The van der Waals surface area contributed by atoms with Crippen molar-refractivity contribution in [1.29, 1.82) is 0 Å². The van der Waals surface area contributed by atoms with Gasteiger partial charge in [0, 0.05) is 10.9 Å². The molecule has 84 valence electrons. The van der Waals surface area contributed by atoms with Crippen LogP contribution in [0.15, 0.2) is 29.2 Å². The van der Waals surface area contributed by atoms with E-state index in [4.69, 9.17) is 0 Å². The molecule has 1 aromatic rings. The van der Waals surface area contributed by atoms with E-state index in [-0.39, 0.29) is 5.82 Å². The fourth-order valence-corrected chi connectivity index (χ4v) is 2.37. The molecule has 15 heavy (non-hydrogen) atoms.